The molecular weight excluding hydrogens is 350 g/mol. The van der Waals surface area contributed by atoms with Crippen LogP contribution in [0.2, 0.25) is 0 Å². The number of sulfonamides is 1. The number of fused-ring (bicyclic) bond motifs is 1. The molecule has 1 aromatic heterocycles. The van der Waals surface area contributed by atoms with E-state index in [1.165, 1.54) is 5.56 Å². The SMILES string of the molecule is CCn1cc(C2CN(S(=O)(=O)C3=Cc4ccccc4CC3)CCO2)cn1. The highest BCUT2D eigenvalue weighted by Gasteiger charge is 2.34. The van der Waals surface area contributed by atoms with E-state index in [9.17, 15) is 8.42 Å². The van der Waals surface area contributed by atoms with Gasteiger partial charge in [-0.05, 0) is 37.0 Å². The molecular formula is C19H23N3O3S. The number of benzene rings is 1. The molecule has 1 saturated heterocycles. The number of rotatable bonds is 4. The van der Waals surface area contributed by atoms with Crippen LogP contribution < -0.4 is 0 Å². The van der Waals surface area contributed by atoms with Crippen molar-refractivity contribution in [2.45, 2.75) is 32.4 Å². The summed E-state index contributed by atoms with van der Waals surface area (Å²) in [6.45, 7) is 3.91. The van der Waals surface area contributed by atoms with Gasteiger partial charge in [-0.25, -0.2) is 8.42 Å². The number of morpholine rings is 1. The number of hydrogen-bond acceptors (Lipinski definition) is 4. The van der Waals surface area contributed by atoms with Gasteiger partial charge in [0.25, 0.3) is 0 Å². The monoisotopic (exact) mass is 373 g/mol. The molecule has 1 aromatic carbocycles. The minimum Gasteiger partial charge on any atom is -0.371 e. The van der Waals surface area contributed by atoms with E-state index in [1.54, 1.807) is 10.5 Å². The molecule has 2 aliphatic rings. The van der Waals surface area contributed by atoms with Gasteiger partial charge in [-0.3, -0.25) is 4.68 Å². The number of aromatic nitrogens is 2. The molecule has 0 N–H and O–H groups in total. The molecule has 7 heteroatoms. The van der Waals surface area contributed by atoms with Crippen molar-refractivity contribution in [3.05, 3.63) is 58.3 Å². The van der Waals surface area contributed by atoms with Crippen molar-refractivity contribution in [3.8, 4) is 0 Å². The maximum atomic E-state index is 13.2. The van der Waals surface area contributed by atoms with Gasteiger partial charge >= 0.3 is 0 Å². The molecule has 1 aliphatic carbocycles. The summed E-state index contributed by atoms with van der Waals surface area (Å²) < 4.78 is 35.5. The van der Waals surface area contributed by atoms with Gasteiger partial charge in [0.05, 0.1) is 23.8 Å². The van der Waals surface area contributed by atoms with Crippen molar-refractivity contribution in [1.82, 2.24) is 14.1 Å². The summed E-state index contributed by atoms with van der Waals surface area (Å²) in [6.07, 6.45) is 6.56. The second-order valence-corrected chi connectivity index (χ2v) is 8.65. The molecule has 2 aromatic rings. The molecule has 0 saturated carbocycles. The molecule has 1 aliphatic heterocycles. The van der Waals surface area contributed by atoms with Crippen molar-refractivity contribution in [2.24, 2.45) is 0 Å². The van der Waals surface area contributed by atoms with Gasteiger partial charge in [0.2, 0.25) is 10.0 Å². The van der Waals surface area contributed by atoms with Gasteiger partial charge in [-0.1, -0.05) is 24.3 Å². The Labute approximate surface area is 154 Å². The molecule has 138 valence electrons. The summed E-state index contributed by atoms with van der Waals surface area (Å²) >= 11 is 0. The van der Waals surface area contributed by atoms with Crippen LogP contribution in [-0.4, -0.2) is 42.2 Å². The van der Waals surface area contributed by atoms with Crippen molar-refractivity contribution in [2.75, 3.05) is 19.7 Å². The quantitative estimate of drug-likeness (QED) is 0.826. The lowest BCUT2D eigenvalue weighted by Gasteiger charge is -2.33. The fourth-order valence-electron chi connectivity index (χ4n) is 3.54. The summed E-state index contributed by atoms with van der Waals surface area (Å²) in [6, 6.07) is 7.98. The average molecular weight is 373 g/mol. The highest BCUT2D eigenvalue weighted by molar-refractivity contribution is 7.93. The standard InChI is InChI=1S/C19H23N3O3S/c1-2-21-13-17(12-20-21)19-14-22(9-10-25-19)26(23,24)18-8-7-15-5-3-4-6-16(15)11-18/h3-6,11-13,19H,2,7-10,14H2,1H3. The van der Waals surface area contributed by atoms with Crippen LogP contribution in [0.15, 0.2) is 41.6 Å². The fourth-order valence-corrected chi connectivity index (χ4v) is 5.15. The maximum Gasteiger partial charge on any atom is 0.239 e. The van der Waals surface area contributed by atoms with Gasteiger partial charge in [0.1, 0.15) is 0 Å². The predicted molar refractivity (Wildman–Crippen MR) is 99.8 cm³/mol. The molecule has 0 amide bonds. The first kappa shape index (κ1) is 17.5. The third-order valence-electron chi connectivity index (χ3n) is 5.06. The van der Waals surface area contributed by atoms with Crippen LogP contribution in [0.4, 0.5) is 0 Å². The zero-order valence-corrected chi connectivity index (χ0v) is 15.7. The highest BCUT2D eigenvalue weighted by Crippen LogP contribution is 2.31. The maximum absolute atomic E-state index is 13.2. The van der Waals surface area contributed by atoms with Crippen molar-refractivity contribution < 1.29 is 13.2 Å². The van der Waals surface area contributed by atoms with Crippen LogP contribution in [0.3, 0.4) is 0 Å². The lowest BCUT2D eigenvalue weighted by Crippen LogP contribution is -2.42. The number of allylic oxidation sites excluding steroid dienone is 1. The highest BCUT2D eigenvalue weighted by atomic mass is 32.2. The summed E-state index contributed by atoms with van der Waals surface area (Å²) in [5.41, 5.74) is 3.14. The van der Waals surface area contributed by atoms with E-state index >= 15 is 0 Å². The Bertz CT molecular complexity index is 933. The molecule has 0 spiro atoms. The zero-order valence-electron chi connectivity index (χ0n) is 14.8. The van der Waals surface area contributed by atoms with E-state index in [0.717, 1.165) is 24.1 Å². The van der Waals surface area contributed by atoms with Gasteiger partial charge in [0, 0.05) is 31.4 Å². The first-order valence-electron chi connectivity index (χ1n) is 9.00. The van der Waals surface area contributed by atoms with E-state index in [0.29, 0.717) is 31.0 Å². The third kappa shape index (κ3) is 3.22. The van der Waals surface area contributed by atoms with Gasteiger partial charge in [-0.2, -0.15) is 9.40 Å². The predicted octanol–water partition coefficient (Wildman–Crippen LogP) is 2.59. The Morgan fingerprint density at radius 2 is 2.12 bits per heavy atom. The van der Waals surface area contributed by atoms with Crippen LogP contribution in [0.25, 0.3) is 6.08 Å². The van der Waals surface area contributed by atoms with E-state index in [2.05, 4.69) is 11.2 Å². The van der Waals surface area contributed by atoms with Gasteiger partial charge in [0.15, 0.2) is 0 Å². The first-order chi connectivity index (χ1) is 12.6. The lowest BCUT2D eigenvalue weighted by atomic mass is 9.98. The van der Waals surface area contributed by atoms with Gasteiger partial charge < -0.3 is 4.74 Å². The molecule has 1 fully saturated rings. The second-order valence-electron chi connectivity index (χ2n) is 6.66. The number of hydrogen-bond donors (Lipinski definition) is 0. The summed E-state index contributed by atoms with van der Waals surface area (Å²) in [4.78, 5) is 0.501. The number of ether oxygens (including phenoxy) is 1. The molecule has 2 heterocycles. The molecule has 1 atom stereocenters. The summed E-state index contributed by atoms with van der Waals surface area (Å²) in [5, 5.41) is 4.27. The van der Waals surface area contributed by atoms with Crippen LogP contribution in [0, 0.1) is 0 Å². The van der Waals surface area contributed by atoms with E-state index < -0.39 is 10.0 Å². The Kier molecular flexibility index (Phi) is 4.69. The Morgan fingerprint density at radius 3 is 2.92 bits per heavy atom. The Balaban J connectivity index is 1.57. The molecule has 0 radical (unpaired) electrons. The minimum absolute atomic E-state index is 0.268. The number of nitrogens with zero attached hydrogens (tertiary/aromatic N) is 3. The average Bonchev–Trinajstić information content (AvgIpc) is 3.17. The fraction of sp³-hybridized carbons (Fsp3) is 0.421. The Morgan fingerprint density at radius 1 is 1.27 bits per heavy atom. The summed E-state index contributed by atoms with van der Waals surface area (Å²) in [5.74, 6) is 0. The largest absolute Gasteiger partial charge is 0.371 e. The topological polar surface area (TPSA) is 64.4 Å². The van der Waals surface area contributed by atoms with Crippen molar-refractivity contribution in [3.63, 3.8) is 0 Å². The third-order valence-corrected chi connectivity index (χ3v) is 7.06. The lowest BCUT2D eigenvalue weighted by molar-refractivity contribution is -0.00234. The Hall–Kier alpha value is -1.96. The van der Waals surface area contributed by atoms with Crippen LogP contribution in [0.1, 0.15) is 36.1 Å². The second kappa shape index (κ2) is 6.98. The normalized spacial score (nSPS) is 21.3. The zero-order chi connectivity index (χ0) is 18.1. The van der Waals surface area contributed by atoms with E-state index in [-0.39, 0.29) is 6.10 Å². The molecule has 6 nitrogen and oxygen atoms in total. The van der Waals surface area contributed by atoms with Gasteiger partial charge in [-0.15, -0.1) is 0 Å². The molecule has 4 rings (SSSR count). The van der Waals surface area contributed by atoms with E-state index in [4.69, 9.17) is 4.74 Å². The summed E-state index contributed by atoms with van der Waals surface area (Å²) in [7, 11) is -3.48. The minimum atomic E-state index is -3.48. The first-order valence-corrected chi connectivity index (χ1v) is 10.4. The molecule has 26 heavy (non-hydrogen) atoms. The van der Waals surface area contributed by atoms with Crippen molar-refractivity contribution in [1.29, 1.82) is 0 Å². The van der Waals surface area contributed by atoms with Crippen molar-refractivity contribution >= 4 is 16.1 Å². The smallest absolute Gasteiger partial charge is 0.239 e. The van der Waals surface area contributed by atoms with E-state index in [1.807, 2.05) is 42.1 Å². The molecule has 0 bridgehead atoms. The molecule has 1 unspecified atom stereocenters. The van der Waals surface area contributed by atoms with Crippen LogP contribution in [0.5, 0.6) is 0 Å². The van der Waals surface area contributed by atoms with Crippen LogP contribution >= 0.6 is 0 Å². The number of aryl methyl sites for hydroxylation is 2. The van der Waals surface area contributed by atoms with Crippen LogP contribution in [-0.2, 0) is 27.7 Å².